The van der Waals surface area contributed by atoms with Crippen molar-refractivity contribution in [2.24, 2.45) is 5.41 Å². The van der Waals surface area contributed by atoms with E-state index in [1.165, 1.54) is 89.9 Å². The number of allylic oxidation sites excluding steroid dienone is 2. The summed E-state index contributed by atoms with van der Waals surface area (Å²) in [6.45, 7) is 0.875. The van der Waals surface area contributed by atoms with E-state index in [0.717, 1.165) is 19.3 Å². The lowest BCUT2D eigenvalue weighted by molar-refractivity contribution is -0.151. The van der Waals surface area contributed by atoms with Gasteiger partial charge in [0, 0.05) is 6.42 Å². The van der Waals surface area contributed by atoms with E-state index in [1.807, 2.05) is 0 Å². The minimum Gasteiger partial charge on any atom is -0.465 e. The van der Waals surface area contributed by atoms with Crippen LogP contribution in [0.4, 0.5) is 0 Å². The summed E-state index contributed by atoms with van der Waals surface area (Å²) in [6, 6.07) is 0. The predicted octanol–water partition coefficient (Wildman–Crippen LogP) is 6.09. The number of carbonyl (C=O) groups is 1. The Morgan fingerprint density at radius 3 is 1.50 bits per heavy atom. The first kappa shape index (κ1) is 31.1. The lowest BCUT2D eigenvalue weighted by atomic mass is 9.93. The molecule has 0 spiro atoms. The maximum atomic E-state index is 11.7. The van der Waals surface area contributed by atoms with Crippen LogP contribution >= 0.6 is 0 Å². The maximum Gasteiger partial charge on any atom is 0.305 e. The molecule has 0 aliphatic heterocycles. The van der Waals surface area contributed by atoms with Gasteiger partial charge in [-0.25, -0.2) is 0 Å². The molecule has 5 heteroatoms. The third-order valence-electron chi connectivity index (χ3n) is 6.19. The Balaban J connectivity index is 3.36. The second-order valence-electron chi connectivity index (χ2n) is 9.38. The van der Waals surface area contributed by atoms with E-state index >= 15 is 0 Å². The van der Waals surface area contributed by atoms with Gasteiger partial charge in [0.25, 0.3) is 0 Å². The first-order valence-corrected chi connectivity index (χ1v) is 13.3. The number of aliphatic hydroxyl groups is 3. The van der Waals surface area contributed by atoms with Gasteiger partial charge in [0.05, 0.1) is 25.2 Å². The normalized spacial score (nSPS) is 12.0. The number of esters is 1. The van der Waals surface area contributed by atoms with Gasteiger partial charge >= 0.3 is 5.97 Å². The summed E-state index contributed by atoms with van der Waals surface area (Å²) in [6.07, 6.45) is 26.5. The fraction of sp³-hybridized carbons (Fsp3) is 0.889. The van der Waals surface area contributed by atoms with Crippen molar-refractivity contribution in [3.63, 3.8) is 0 Å². The van der Waals surface area contributed by atoms with Gasteiger partial charge in [-0.3, -0.25) is 4.79 Å². The highest BCUT2D eigenvalue weighted by molar-refractivity contribution is 5.69. The molecule has 0 amide bonds. The molecule has 0 saturated heterocycles. The monoisotopic (exact) mass is 456 g/mol. The van der Waals surface area contributed by atoms with E-state index in [-0.39, 0.29) is 12.6 Å². The second-order valence-corrected chi connectivity index (χ2v) is 9.38. The van der Waals surface area contributed by atoms with Gasteiger partial charge in [0.1, 0.15) is 6.61 Å². The van der Waals surface area contributed by atoms with Crippen molar-refractivity contribution in [3.05, 3.63) is 12.2 Å². The van der Waals surface area contributed by atoms with Crippen LogP contribution < -0.4 is 0 Å². The molecule has 0 fully saturated rings. The number of unbranched alkanes of at least 4 members (excludes halogenated alkanes) is 15. The van der Waals surface area contributed by atoms with Crippen molar-refractivity contribution in [3.8, 4) is 0 Å². The van der Waals surface area contributed by atoms with Gasteiger partial charge < -0.3 is 20.1 Å². The summed E-state index contributed by atoms with van der Waals surface area (Å²) >= 11 is 0. The van der Waals surface area contributed by atoms with Gasteiger partial charge in [-0.1, -0.05) is 96.1 Å². The number of hydrogen-bond donors (Lipinski definition) is 3. The van der Waals surface area contributed by atoms with Crippen molar-refractivity contribution in [1.82, 2.24) is 0 Å². The second kappa shape index (κ2) is 23.3. The molecule has 0 saturated carbocycles. The Hall–Kier alpha value is -0.910. The lowest BCUT2D eigenvalue weighted by Gasteiger charge is -2.26. The number of ether oxygens (including phenoxy) is 1. The summed E-state index contributed by atoms with van der Waals surface area (Å²) in [5.41, 5.74) is -1.14. The highest BCUT2D eigenvalue weighted by Crippen LogP contribution is 2.16. The number of rotatable bonds is 24. The van der Waals surface area contributed by atoms with Crippen molar-refractivity contribution in [2.75, 3.05) is 26.4 Å². The van der Waals surface area contributed by atoms with Crippen molar-refractivity contribution < 1.29 is 24.9 Å². The van der Waals surface area contributed by atoms with Crippen LogP contribution in [0.5, 0.6) is 0 Å². The van der Waals surface area contributed by atoms with E-state index in [9.17, 15) is 20.1 Å². The predicted molar refractivity (Wildman–Crippen MR) is 133 cm³/mol. The molecule has 0 unspecified atom stereocenters. The summed E-state index contributed by atoms with van der Waals surface area (Å²) in [4.78, 5) is 11.7. The van der Waals surface area contributed by atoms with Crippen LogP contribution in [0.3, 0.4) is 0 Å². The number of hydrogen-bond acceptors (Lipinski definition) is 5. The summed E-state index contributed by atoms with van der Waals surface area (Å²) < 4.78 is 5.09. The third kappa shape index (κ3) is 18.6. The zero-order chi connectivity index (χ0) is 23.8. The molecule has 0 rings (SSSR count). The van der Waals surface area contributed by atoms with Crippen LogP contribution in [0.25, 0.3) is 0 Å². The molecule has 5 nitrogen and oxygen atoms in total. The van der Waals surface area contributed by atoms with Crippen LogP contribution in [-0.2, 0) is 9.53 Å². The molecule has 0 aliphatic carbocycles. The Kier molecular flexibility index (Phi) is 22.6. The molecule has 0 aliphatic rings. The quantitative estimate of drug-likeness (QED) is 0.0929. The van der Waals surface area contributed by atoms with Crippen LogP contribution in [-0.4, -0.2) is 47.7 Å². The SMILES string of the molecule is CCCCCCCC/C=C\CCCCCCCCCCCC(=O)OCC(CO)(CO)CO. The fourth-order valence-corrected chi connectivity index (χ4v) is 3.64. The van der Waals surface area contributed by atoms with Gasteiger partial charge in [0.15, 0.2) is 0 Å². The molecular weight excluding hydrogens is 404 g/mol. The van der Waals surface area contributed by atoms with Crippen molar-refractivity contribution in [1.29, 1.82) is 0 Å². The molecule has 190 valence electrons. The molecule has 0 aromatic heterocycles. The smallest absolute Gasteiger partial charge is 0.305 e. The zero-order valence-corrected chi connectivity index (χ0v) is 20.9. The highest BCUT2D eigenvalue weighted by atomic mass is 16.5. The minimum atomic E-state index is -1.14. The van der Waals surface area contributed by atoms with E-state index in [0.29, 0.717) is 6.42 Å². The van der Waals surface area contributed by atoms with Gasteiger partial charge in [0.2, 0.25) is 0 Å². The lowest BCUT2D eigenvalue weighted by Crippen LogP contribution is -2.39. The van der Waals surface area contributed by atoms with E-state index < -0.39 is 25.2 Å². The Labute approximate surface area is 197 Å². The highest BCUT2D eigenvalue weighted by Gasteiger charge is 2.29. The molecule has 0 aromatic rings. The van der Waals surface area contributed by atoms with E-state index in [1.54, 1.807) is 0 Å². The third-order valence-corrected chi connectivity index (χ3v) is 6.19. The van der Waals surface area contributed by atoms with Crippen LogP contribution in [0, 0.1) is 5.41 Å². The molecule has 0 heterocycles. The standard InChI is InChI=1S/C27H52O5/c1-2-3-4-5-6-7-8-9-10-11-12-13-14-15-16-17-18-19-20-21-26(31)32-25-27(22-28,23-29)24-30/h9-10,28-30H,2-8,11-25H2,1H3/b10-9-. The van der Waals surface area contributed by atoms with Crippen molar-refractivity contribution >= 4 is 5.97 Å². The van der Waals surface area contributed by atoms with Crippen LogP contribution in [0.2, 0.25) is 0 Å². The van der Waals surface area contributed by atoms with Crippen LogP contribution in [0.15, 0.2) is 12.2 Å². The summed E-state index contributed by atoms with van der Waals surface area (Å²) in [5, 5.41) is 27.7. The molecule has 0 aromatic carbocycles. The molecular formula is C27H52O5. The topological polar surface area (TPSA) is 87.0 Å². The van der Waals surface area contributed by atoms with Crippen molar-refractivity contribution in [2.45, 2.75) is 122 Å². The average Bonchev–Trinajstić information content (AvgIpc) is 2.82. The van der Waals surface area contributed by atoms with Crippen LogP contribution in [0.1, 0.15) is 122 Å². The van der Waals surface area contributed by atoms with Gasteiger partial charge in [-0.15, -0.1) is 0 Å². The summed E-state index contributed by atoms with van der Waals surface area (Å²) in [5.74, 6) is -0.328. The first-order valence-electron chi connectivity index (χ1n) is 13.3. The van der Waals surface area contributed by atoms with E-state index in [4.69, 9.17) is 4.74 Å². The maximum absolute atomic E-state index is 11.7. The van der Waals surface area contributed by atoms with E-state index in [2.05, 4.69) is 19.1 Å². The Bertz CT molecular complexity index is 423. The van der Waals surface area contributed by atoms with Gasteiger partial charge in [-0.05, 0) is 32.1 Å². The molecule has 32 heavy (non-hydrogen) atoms. The molecule has 3 N–H and O–H groups in total. The Morgan fingerprint density at radius 1 is 0.656 bits per heavy atom. The first-order chi connectivity index (χ1) is 15.6. The van der Waals surface area contributed by atoms with Gasteiger partial charge in [-0.2, -0.15) is 0 Å². The Morgan fingerprint density at radius 2 is 1.06 bits per heavy atom. The molecule has 0 bridgehead atoms. The number of aliphatic hydroxyl groups excluding tert-OH is 3. The number of carbonyl (C=O) groups excluding carboxylic acids is 1. The largest absolute Gasteiger partial charge is 0.465 e. The molecule has 0 radical (unpaired) electrons. The summed E-state index contributed by atoms with van der Waals surface area (Å²) in [7, 11) is 0. The zero-order valence-electron chi connectivity index (χ0n) is 20.9. The minimum absolute atomic E-state index is 0.149. The fourth-order valence-electron chi connectivity index (χ4n) is 3.64. The average molecular weight is 457 g/mol. The molecule has 0 atom stereocenters.